The van der Waals surface area contributed by atoms with Crippen molar-refractivity contribution in [3.8, 4) is 0 Å². The van der Waals surface area contributed by atoms with E-state index in [1.165, 1.54) is 0 Å². The molecule has 0 radical (unpaired) electrons. The van der Waals surface area contributed by atoms with Crippen molar-refractivity contribution in [3.05, 3.63) is 36.0 Å². The molecule has 3 saturated carbocycles. The minimum absolute atomic E-state index is 0.0298. The van der Waals surface area contributed by atoms with Gasteiger partial charge >= 0.3 is 0 Å². The van der Waals surface area contributed by atoms with E-state index in [1.807, 2.05) is 0 Å². The Hall–Kier alpha value is -1.52. The summed E-state index contributed by atoms with van der Waals surface area (Å²) in [7, 11) is 0. The number of Topliss-reactive ketones (excluding diaryl/α,β-unsaturated/α-hetero) is 1. The number of ketones is 2. The average Bonchev–Trinajstić information content (AvgIpc) is 3.02. The molecule has 4 nitrogen and oxygen atoms in total. The van der Waals surface area contributed by atoms with Crippen LogP contribution >= 0.6 is 0 Å². The van der Waals surface area contributed by atoms with Crippen LogP contribution in [-0.4, -0.2) is 35.0 Å². The number of allylic oxidation sites excluding steroid dienone is 2. The van der Waals surface area contributed by atoms with Gasteiger partial charge < -0.3 is 10.2 Å². The Morgan fingerprint density at radius 3 is 2.59 bits per heavy atom. The molecule has 0 aromatic heterocycles. The van der Waals surface area contributed by atoms with Crippen LogP contribution in [-0.2, 0) is 9.59 Å². The van der Waals surface area contributed by atoms with Gasteiger partial charge in [-0.1, -0.05) is 20.1 Å². The van der Waals surface area contributed by atoms with Crippen LogP contribution in [0.4, 0.5) is 0 Å². The normalized spacial score (nSPS) is 43.7. The topological polar surface area (TPSA) is 74.6 Å². The van der Waals surface area contributed by atoms with E-state index in [1.54, 1.807) is 6.08 Å². The highest BCUT2D eigenvalue weighted by atomic mass is 16.3. The first-order chi connectivity index (χ1) is 12.8. The number of aliphatic hydroxyl groups excluding tert-OH is 2. The molecule has 27 heavy (non-hydrogen) atoms. The lowest BCUT2D eigenvalue weighted by Gasteiger charge is -2.59. The highest BCUT2D eigenvalue weighted by molar-refractivity contribution is 5.93. The highest BCUT2D eigenvalue weighted by Gasteiger charge is 2.62. The molecular formula is C23H30O4. The zero-order valence-corrected chi connectivity index (χ0v) is 16.2. The predicted molar refractivity (Wildman–Crippen MR) is 103 cm³/mol. The van der Waals surface area contributed by atoms with Gasteiger partial charge in [-0.05, 0) is 78.1 Å². The van der Waals surface area contributed by atoms with Crippen molar-refractivity contribution in [2.75, 3.05) is 13.2 Å². The van der Waals surface area contributed by atoms with Crippen LogP contribution in [0.2, 0.25) is 0 Å². The largest absolute Gasteiger partial charge is 0.395 e. The standard InChI is InChI=1S/C23H30O4/c1-13-14(2)21-17-5-4-16(20(27)11-24)22(17,3)8-7-18(21)23(12-25)9-6-15(26)10-19(13)23/h10,16-18,21,24-25H,1-2,4-9,11-12H2,3H3/t16-,17+,18+,21+,22-,23+/m1/s1. The Labute approximate surface area is 161 Å². The summed E-state index contributed by atoms with van der Waals surface area (Å²) in [4.78, 5) is 24.5. The first-order valence-electron chi connectivity index (χ1n) is 10.2. The van der Waals surface area contributed by atoms with E-state index in [4.69, 9.17) is 0 Å². The number of hydrogen-bond acceptors (Lipinski definition) is 4. The number of carbonyl (C=O) groups is 2. The molecule has 4 rings (SSSR count). The van der Waals surface area contributed by atoms with Crippen molar-refractivity contribution in [1.82, 2.24) is 0 Å². The maximum atomic E-state index is 12.4. The molecule has 0 amide bonds. The van der Waals surface area contributed by atoms with E-state index < -0.39 is 5.41 Å². The van der Waals surface area contributed by atoms with Crippen LogP contribution in [0.25, 0.3) is 0 Å². The number of carbonyl (C=O) groups excluding carboxylic acids is 2. The quantitative estimate of drug-likeness (QED) is 0.801. The molecule has 0 spiro atoms. The molecule has 0 saturated heterocycles. The molecule has 0 aromatic rings. The van der Waals surface area contributed by atoms with Gasteiger partial charge in [-0.25, -0.2) is 0 Å². The molecule has 0 aliphatic heterocycles. The van der Waals surface area contributed by atoms with Crippen molar-refractivity contribution >= 4 is 11.6 Å². The van der Waals surface area contributed by atoms with E-state index in [2.05, 4.69) is 20.1 Å². The van der Waals surface area contributed by atoms with Gasteiger partial charge in [0.1, 0.15) is 6.61 Å². The SMILES string of the molecule is C=C1C(=C)[C@@H]2[C@H](CC[C@]3(C)[C@@H](C(=O)CO)CC[C@@H]23)[C@@]2(CO)CCC(=O)C=C12. The Morgan fingerprint density at radius 2 is 1.93 bits per heavy atom. The second-order valence-corrected chi connectivity index (χ2v) is 9.38. The molecule has 4 aliphatic rings. The molecule has 146 valence electrons. The average molecular weight is 370 g/mol. The summed E-state index contributed by atoms with van der Waals surface area (Å²) in [6.07, 6.45) is 6.43. The summed E-state index contributed by atoms with van der Waals surface area (Å²) in [6.45, 7) is 10.5. The minimum atomic E-state index is -0.406. The number of hydrogen-bond donors (Lipinski definition) is 2. The Bertz CT molecular complexity index is 762. The number of fused-ring (bicyclic) bond motifs is 5. The van der Waals surface area contributed by atoms with Crippen molar-refractivity contribution in [1.29, 1.82) is 0 Å². The summed E-state index contributed by atoms with van der Waals surface area (Å²) in [5.41, 5.74) is 2.17. The molecular weight excluding hydrogens is 340 g/mol. The molecule has 4 aliphatic carbocycles. The highest BCUT2D eigenvalue weighted by Crippen LogP contribution is 2.68. The van der Waals surface area contributed by atoms with E-state index in [0.717, 1.165) is 42.4 Å². The minimum Gasteiger partial charge on any atom is -0.395 e. The van der Waals surface area contributed by atoms with Crippen molar-refractivity contribution < 1.29 is 19.8 Å². The smallest absolute Gasteiger partial charge is 0.161 e. The first kappa shape index (κ1) is 18.8. The van der Waals surface area contributed by atoms with Crippen LogP contribution in [0.3, 0.4) is 0 Å². The third-order valence-electron chi connectivity index (χ3n) is 8.58. The third kappa shape index (κ3) is 2.35. The molecule has 2 N–H and O–H groups in total. The Morgan fingerprint density at radius 1 is 1.19 bits per heavy atom. The van der Waals surface area contributed by atoms with Gasteiger partial charge in [0.15, 0.2) is 11.6 Å². The van der Waals surface area contributed by atoms with Crippen LogP contribution in [0.15, 0.2) is 36.0 Å². The molecule has 0 unspecified atom stereocenters. The van der Waals surface area contributed by atoms with Crippen LogP contribution in [0.1, 0.15) is 45.4 Å². The van der Waals surface area contributed by atoms with E-state index in [9.17, 15) is 19.8 Å². The molecule has 4 heteroatoms. The van der Waals surface area contributed by atoms with Crippen LogP contribution < -0.4 is 0 Å². The Kier molecular flexibility index (Phi) is 4.36. The summed E-state index contributed by atoms with van der Waals surface area (Å²) in [5, 5.41) is 19.9. The van der Waals surface area contributed by atoms with Gasteiger partial charge in [-0.2, -0.15) is 0 Å². The summed E-state index contributed by atoms with van der Waals surface area (Å²) in [6, 6.07) is 0. The van der Waals surface area contributed by atoms with E-state index in [0.29, 0.717) is 18.8 Å². The summed E-state index contributed by atoms with van der Waals surface area (Å²) >= 11 is 0. The Balaban J connectivity index is 1.78. The van der Waals surface area contributed by atoms with Gasteiger partial charge in [-0.3, -0.25) is 9.59 Å². The van der Waals surface area contributed by atoms with Crippen LogP contribution in [0, 0.1) is 34.5 Å². The number of rotatable bonds is 3. The lowest BCUT2D eigenvalue weighted by molar-refractivity contribution is -0.132. The summed E-state index contributed by atoms with van der Waals surface area (Å²) in [5.74, 6) is 0.704. The molecule has 6 atom stereocenters. The van der Waals surface area contributed by atoms with Gasteiger partial charge in [0, 0.05) is 17.8 Å². The fourth-order valence-electron chi connectivity index (χ4n) is 7.17. The van der Waals surface area contributed by atoms with E-state index in [-0.39, 0.29) is 47.9 Å². The second-order valence-electron chi connectivity index (χ2n) is 9.38. The number of aliphatic hydroxyl groups is 2. The molecule has 3 fully saturated rings. The lowest BCUT2D eigenvalue weighted by Crippen LogP contribution is -2.54. The molecule has 0 heterocycles. The van der Waals surface area contributed by atoms with Gasteiger partial charge in [0.05, 0.1) is 6.61 Å². The van der Waals surface area contributed by atoms with Crippen LogP contribution in [0.5, 0.6) is 0 Å². The fraction of sp³-hybridized carbons (Fsp3) is 0.652. The van der Waals surface area contributed by atoms with Gasteiger partial charge in [0.2, 0.25) is 0 Å². The molecule has 0 aromatic carbocycles. The van der Waals surface area contributed by atoms with Crippen molar-refractivity contribution in [2.24, 2.45) is 34.5 Å². The monoisotopic (exact) mass is 370 g/mol. The van der Waals surface area contributed by atoms with Gasteiger partial charge in [0.25, 0.3) is 0 Å². The zero-order chi connectivity index (χ0) is 19.6. The van der Waals surface area contributed by atoms with Gasteiger partial charge in [-0.15, -0.1) is 0 Å². The second kappa shape index (κ2) is 6.25. The fourth-order valence-corrected chi connectivity index (χ4v) is 7.17. The first-order valence-corrected chi connectivity index (χ1v) is 10.2. The van der Waals surface area contributed by atoms with Crippen molar-refractivity contribution in [2.45, 2.75) is 45.4 Å². The molecule has 0 bridgehead atoms. The third-order valence-corrected chi connectivity index (χ3v) is 8.58. The maximum Gasteiger partial charge on any atom is 0.161 e. The zero-order valence-electron chi connectivity index (χ0n) is 16.2. The predicted octanol–water partition coefficient (Wildman–Crippen LogP) is 3.00. The van der Waals surface area contributed by atoms with E-state index >= 15 is 0 Å². The van der Waals surface area contributed by atoms with Crippen molar-refractivity contribution in [3.63, 3.8) is 0 Å². The maximum absolute atomic E-state index is 12.4. The lowest BCUT2D eigenvalue weighted by atomic mass is 9.44. The summed E-state index contributed by atoms with van der Waals surface area (Å²) < 4.78 is 0.